The SMILES string of the molecule is Cc1nsc(SCC(N)c2ccc(C(C)(C)C)cc2)n1. The number of benzene rings is 1. The molecule has 1 atom stereocenters. The maximum absolute atomic E-state index is 6.24. The fourth-order valence-electron chi connectivity index (χ4n) is 1.82. The summed E-state index contributed by atoms with van der Waals surface area (Å²) in [6, 6.07) is 8.65. The second kappa shape index (κ2) is 6.24. The zero-order chi connectivity index (χ0) is 14.8. The van der Waals surface area contributed by atoms with Gasteiger partial charge >= 0.3 is 0 Å². The fourth-order valence-corrected chi connectivity index (χ4v) is 3.49. The first kappa shape index (κ1) is 15.5. The van der Waals surface area contributed by atoms with Crippen LogP contribution in [0.3, 0.4) is 0 Å². The normalized spacial score (nSPS) is 13.4. The maximum Gasteiger partial charge on any atom is 0.170 e. The highest BCUT2D eigenvalue weighted by Crippen LogP contribution is 2.27. The van der Waals surface area contributed by atoms with Crippen LogP contribution < -0.4 is 5.73 Å². The van der Waals surface area contributed by atoms with Crippen molar-refractivity contribution in [1.29, 1.82) is 0 Å². The first-order valence-corrected chi connectivity index (χ1v) is 8.41. The molecule has 1 heterocycles. The Bertz CT molecular complexity index is 555. The summed E-state index contributed by atoms with van der Waals surface area (Å²) in [6.07, 6.45) is 0. The first-order valence-electron chi connectivity index (χ1n) is 6.65. The fraction of sp³-hybridized carbons (Fsp3) is 0.467. The summed E-state index contributed by atoms with van der Waals surface area (Å²) in [7, 11) is 0. The molecule has 0 spiro atoms. The molecule has 0 radical (unpaired) electrons. The smallest absolute Gasteiger partial charge is 0.170 e. The van der Waals surface area contributed by atoms with Crippen molar-refractivity contribution in [2.75, 3.05) is 5.75 Å². The summed E-state index contributed by atoms with van der Waals surface area (Å²) in [5.74, 6) is 1.66. The minimum Gasteiger partial charge on any atom is -0.323 e. The summed E-state index contributed by atoms with van der Waals surface area (Å²) in [4.78, 5) is 4.34. The van der Waals surface area contributed by atoms with Gasteiger partial charge in [-0.2, -0.15) is 4.37 Å². The second-order valence-corrected chi connectivity index (χ2v) is 7.92. The van der Waals surface area contributed by atoms with E-state index in [4.69, 9.17) is 5.73 Å². The lowest BCUT2D eigenvalue weighted by Gasteiger charge is -2.20. The third-order valence-corrected chi connectivity index (χ3v) is 5.14. The Hall–Kier alpha value is -0.910. The number of rotatable bonds is 4. The van der Waals surface area contributed by atoms with Gasteiger partial charge in [0.05, 0.1) is 0 Å². The minimum absolute atomic E-state index is 0.0261. The van der Waals surface area contributed by atoms with E-state index in [2.05, 4.69) is 54.4 Å². The minimum atomic E-state index is 0.0261. The zero-order valence-electron chi connectivity index (χ0n) is 12.4. The van der Waals surface area contributed by atoms with Crippen LogP contribution in [0, 0.1) is 6.92 Å². The molecular weight excluding hydrogens is 286 g/mol. The van der Waals surface area contributed by atoms with Gasteiger partial charge in [-0.25, -0.2) is 4.98 Å². The lowest BCUT2D eigenvalue weighted by Crippen LogP contribution is -2.15. The average Bonchev–Trinajstić information content (AvgIpc) is 2.81. The lowest BCUT2D eigenvalue weighted by molar-refractivity contribution is 0.589. The number of hydrogen-bond donors (Lipinski definition) is 1. The summed E-state index contributed by atoms with van der Waals surface area (Å²) < 4.78 is 5.16. The third kappa shape index (κ3) is 4.04. The number of nitrogens with zero attached hydrogens (tertiary/aromatic N) is 2. The monoisotopic (exact) mass is 307 g/mol. The van der Waals surface area contributed by atoms with Gasteiger partial charge in [-0.15, -0.1) is 0 Å². The van der Waals surface area contributed by atoms with Gasteiger partial charge < -0.3 is 5.73 Å². The van der Waals surface area contributed by atoms with Crippen molar-refractivity contribution in [2.45, 2.75) is 43.5 Å². The van der Waals surface area contributed by atoms with Crippen LogP contribution in [0.2, 0.25) is 0 Å². The van der Waals surface area contributed by atoms with E-state index < -0.39 is 0 Å². The van der Waals surface area contributed by atoms with E-state index in [-0.39, 0.29) is 11.5 Å². The van der Waals surface area contributed by atoms with E-state index in [0.717, 1.165) is 15.9 Å². The van der Waals surface area contributed by atoms with Crippen molar-refractivity contribution in [2.24, 2.45) is 5.73 Å². The predicted octanol–water partition coefficient (Wildman–Crippen LogP) is 3.94. The van der Waals surface area contributed by atoms with E-state index in [0.29, 0.717) is 0 Å². The van der Waals surface area contributed by atoms with E-state index >= 15 is 0 Å². The van der Waals surface area contributed by atoms with Gasteiger partial charge in [-0.05, 0) is 35.0 Å². The molecule has 1 aromatic heterocycles. The van der Waals surface area contributed by atoms with Crippen molar-refractivity contribution in [3.05, 3.63) is 41.2 Å². The Morgan fingerprint density at radius 1 is 1.25 bits per heavy atom. The lowest BCUT2D eigenvalue weighted by atomic mass is 9.86. The summed E-state index contributed by atoms with van der Waals surface area (Å²) in [6.45, 7) is 8.56. The Balaban J connectivity index is 1.97. The van der Waals surface area contributed by atoms with E-state index in [1.807, 2.05) is 6.92 Å². The molecule has 20 heavy (non-hydrogen) atoms. The molecule has 0 aliphatic carbocycles. The van der Waals surface area contributed by atoms with Gasteiger partial charge in [0, 0.05) is 11.8 Å². The molecule has 108 valence electrons. The second-order valence-electron chi connectivity index (χ2n) is 5.90. The number of thioether (sulfide) groups is 1. The summed E-state index contributed by atoms with van der Waals surface area (Å²) in [5.41, 5.74) is 8.93. The third-order valence-electron chi connectivity index (χ3n) is 3.10. The highest BCUT2D eigenvalue weighted by Gasteiger charge is 2.14. The standard InChI is InChI=1S/C15H21N3S2/c1-10-17-14(20-18-10)19-9-13(16)11-5-7-12(8-6-11)15(2,3)4/h5-8,13H,9,16H2,1-4H3. The number of nitrogens with two attached hydrogens (primary N) is 1. The molecule has 0 aliphatic heterocycles. The molecule has 2 N–H and O–H groups in total. The molecule has 1 unspecified atom stereocenters. The summed E-state index contributed by atoms with van der Waals surface area (Å²) in [5, 5.41) is 0. The quantitative estimate of drug-likeness (QED) is 0.869. The molecule has 0 aliphatic rings. The van der Waals surface area contributed by atoms with E-state index in [1.54, 1.807) is 11.8 Å². The van der Waals surface area contributed by atoms with Crippen molar-refractivity contribution in [1.82, 2.24) is 9.36 Å². The van der Waals surface area contributed by atoms with E-state index in [9.17, 15) is 0 Å². The molecule has 2 aromatic rings. The van der Waals surface area contributed by atoms with Crippen LogP contribution in [-0.2, 0) is 5.41 Å². The Labute approximate surface area is 129 Å². The van der Waals surface area contributed by atoms with Gasteiger partial charge in [-0.3, -0.25) is 0 Å². The Morgan fingerprint density at radius 3 is 2.40 bits per heavy atom. The number of hydrogen-bond acceptors (Lipinski definition) is 5. The zero-order valence-corrected chi connectivity index (χ0v) is 14.0. The molecule has 0 bridgehead atoms. The van der Waals surface area contributed by atoms with Crippen LogP contribution >= 0.6 is 23.3 Å². The van der Waals surface area contributed by atoms with E-state index in [1.165, 1.54) is 22.7 Å². The molecule has 3 nitrogen and oxygen atoms in total. The Kier molecular flexibility index (Phi) is 4.83. The van der Waals surface area contributed by atoms with Crippen LogP contribution in [0.5, 0.6) is 0 Å². The highest BCUT2D eigenvalue weighted by molar-refractivity contribution is 8.00. The van der Waals surface area contributed by atoms with Gasteiger partial charge in [0.2, 0.25) is 0 Å². The summed E-state index contributed by atoms with van der Waals surface area (Å²) >= 11 is 3.11. The first-order chi connectivity index (χ1) is 9.36. The predicted molar refractivity (Wildman–Crippen MR) is 87.4 cm³/mol. The van der Waals surface area contributed by atoms with Crippen LogP contribution in [0.25, 0.3) is 0 Å². The molecule has 0 fully saturated rings. The Morgan fingerprint density at radius 2 is 1.90 bits per heavy atom. The molecule has 0 amide bonds. The van der Waals surface area contributed by atoms with Gasteiger partial charge in [0.1, 0.15) is 5.82 Å². The maximum atomic E-state index is 6.24. The van der Waals surface area contributed by atoms with Crippen molar-refractivity contribution >= 4 is 23.3 Å². The molecule has 1 aromatic carbocycles. The van der Waals surface area contributed by atoms with Crippen LogP contribution in [0.1, 0.15) is 43.8 Å². The number of aromatic nitrogens is 2. The highest BCUT2D eigenvalue weighted by atomic mass is 32.2. The molecular formula is C15H21N3S2. The van der Waals surface area contributed by atoms with Gasteiger partial charge in [-0.1, -0.05) is 56.8 Å². The van der Waals surface area contributed by atoms with Crippen LogP contribution in [0.4, 0.5) is 0 Å². The molecule has 0 saturated carbocycles. The van der Waals surface area contributed by atoms with Crippen LogP contribution in [0.15, 0.2) is 28.6 Å². The molecule has 5 heteroatoms. The number of aryl methyl sites for hydroxylation is 1. The topological polar surface area (TPSA) is 51.8 Å². The van der Waals surface area contributed by atoms with Crippen molar-refractivity contribution in [3.63, 3.8) is 0 Å². The average molecular weight is 307 g/mol. The van der Waals surface area contributed by atoms with Crippen molar-refractivity contribution in [3.8, 4) is 0 Å². The van der Waals surface area contributed by atoms with Gasteiger partial charge in [0.15, 0.2) is 4.34 Å². The largest absolute Gasteiger partial charge is 0.323 e. The molecule has 0 saturated heterocycles. The molecule has 2 rings (SSSR count). The van der Waals surface area contributed by atoms with Crippen molar-refractivity contribution < 1.29 is 0 Å². The van der Waals surface area contributed by atoms with Crippen LogP contribution in [-0.4, -0.2) is 15.1 Å². The van der Waals surface area contributed by atoms with Gasteiger partial charge in [0.25, 0.3) is 0 Å².